The lowest BCUT2D eigenvalue weighted by molar-refractivity contribution is 0.0953. The normalized spacial score (nSPS) is 10.6. The number of methoxy groups -OCH3 is 1. The van der Waals surface area contributed by atoms with E-state index < -0.39 is 0 Å². The summed E-state index contributed by atoms with van der Waals surface area (Å²) in [7, 11) is 1.60. The van der Waals surface area contributed by atoms with Gasteiger partial charge in [0.25, 0.3) is 0 Å². The molecule has 0 bridgehead atoms. The molecule has 5 heteroatoms. The molecule has 0 aliphatic heterocycles. The number of hydrogen-bond donors (Lipinski definition) is 1. The van der Waals surface area contributed by atoms with Crippen LogP contribution in [0.15, 0.2) is 41.2 Å². The van der Waals surface area contributed by atoms with Crippen LogP contribution in [-0.4, -0.2) is 24.5 Å². The van der Waals surface area contributed by atoms with Gasteiger partial charge in [0.2, 0.25) is 5.43 Å². The molecule has 0 aliphatic carbocycles. The summed E-state index contributed by atoms with van der Waals surface area (Å²) in [5.74, 6) is -0.0408. The van der Waals surface area contributed by atoms with E-state index in [-0.39, 0.29) is 29.3 Å². The molecule has 0 unspecified atom stereocenters. The molecule has 24 heavy (non-hydrogen) atoms. The van der Waals surface area contributed by atoms with Crippen molar-refractivity contribution in [3.8, 4) is 5.75 Å². The van der Waals surface area contributed by atoms with E-state index in [4.69, 9.17) is 9.47 Å². The maximum atomic E-state index is 12.5. The highest BCUT2D eigenvalue weighted by Crippen LogP contribution is 2.17. The number of aromatic nitrogens is 1. The number of ketones is 1. The van der Waals surface area contributed by atoms with Crippen molar-refractivity contribution in [2.75, 3.05) is 13.7 Å². The molecule has 2 rings (SSSR count). The predicted octanol–water partition coefficient (Wildman–Crippen LogP) is 3.13. The second-order valence-corrected chi connectivity index (χ2v) is 5.51. The number of ether oxygens (including phenoxy) is 2. The van der Waals surface area contributed by atoms with Crippen LogP contribution in [0.5, 0.6) is 5.75 Å². The van der Waals surface area contributed by atoms with Crippen LogP contribution in [0, 0.1) is 0 Å². The summed E-state index contributed by atoms with van der Waals surface area (Å²) in [4.78, 5) is 27.9. The molecule has 0 saturated carbocycles. The smallest absolute Gasteiger partial charge is 0.224 e. The van der Waals surface area contributed by atoms with Crippen molar-refractivity contribution < 1.29 is 14.3 Å². The molecule has 0 spiro atoms. The Bertz CT molecular complexity index is 722. The zero-order valence-electron chi connectivity index (χ0n) is 14.1. The first-order chi connectivity index (χ1) is 11.7. The minimum atomic E-state index is -0.267. The number of aryl methyl sites for hydroxylation is 1. The zero-order valence-corrected chi connectivity index (χ0v) is 14.1. The summed E-state index contributed by atoms with van der Waals surface area (Å²) in [5, 5.41) is 0. The predicted molar refractivity (Wildman–Crippen MR) is 92.7 cm³/mol. The van der Waals surface area contributed by atoms with Gasteiger partial charge < -0.3 is 14.5 Å². The molecule has 0 atom stereocenters. The van der Waals surface area contributed by atoms with Gasteiger partial charge in [-0.1, -0.05) is 37.3 Å². The molecule has 128 valence electrons. The highest BCUT2D eigenvalue weighted by Gasteiger charge is 2.17. The van der Waals surface area contributed by atoms with Crippen molar-refractivity contribution in [1.29, 1.82) is 0 Å². The van der Waals surface area contributed by atoms with Crippen LogP contribution in [0.2, 0.25) is 0 Å². The van der Waals surface area contributed by atoms with Crippen LogP contribution in [-0.2, 0) is 17.8 Å². The van der Waals surface area contributed by atoms with Crippen LogP contribution in [0.1, 0.15) is 41.5 Å². The Labute approximate surface area is 141 Å². The lowest BCUT2D eigenvalue weighted by Gasteiger charge is -2.12. The number of benzene rings is 1. The van der Waals surface area contributed by atoms with E-state index >= 15 is 0 Å². The second kappa shape index (κ2) is 9.03. The first-order valence-corrected chi connectivity index (χ1v) is 8.10. The van der Waals surface area contributed by atoms with Crippen LogP contribution < -0.4 is 10.2 Å². The van der Waals surface area contributed by atoms with Crippen LogP contribution >= 0.6 is 0 Å². The van der Waals surface area contributed by atoms with Gasteiger partial charge in [-0.25, -0.2) is 0 Å². The first-order valence-electron chi connectivity index (χ1n) is 8.10. The quantitative estimate of drug-likeness (QED) is 0.567. The molecule has 0 saturated heterocycles. The summed E-state index contributed by atoms with van der Waals surface area (Å²) < 4.78 is 10.7. The van der Waals surface area contributed by atoms with Gasteiger partial charge in [-0.3, -0.25) is 9.59 Å². The summed E-state index contributed by atoms with van der Waals surface area (Å²) in [6.07, 6.45) is 1.55. The van der Waals surface area contributed by atoms with E-state index in [2.05, 4.69) is 4.98 Å². The summed E-state index contributed by atoms with van der Waals surface area (Å²) >= 11 is 0. The molecule has 0 radical (unpaired) electrons. The van der Waals surface area contributed by atoms with Crippen LogP contribution in [0.3, 0.4) is 0 Å². The first kappa shape index (κ1) is 17.9. The third kappa shape index (κ3) is 4.80. The number of carbonyl (C=O) groups excluding carboxylic acids is 1. The largest absolute Gasteiger partial charge is 0.483 e. The molecule has 0 amide bonds. The van der Waals surface area contributed by atoms with Crippen molar-refractivity contribution in [1.82, 2.24) is 4.98 Å². The summed E-state index contributed by atoms with van der Waals surface area (Å²) in [6, 6.07) is 11.0. The van der Waals surface area contributed by atoms with Gasteiger partial charge in [0.05, 0.1) is 0 Å². The third-order valence-electron chi connectivity index (χ3n) is 3.68. The van der Waals surface area contributed by atoms with E-state index in [1.165, 1.54) is 6.07 Å². The maximum Gasteiger partial charge on any atom is 0.224 e. The Kier molecular flexibility index (Phi) is 6.75. The van der Waals surface area contributed by atoms with Gasteiger partial charge in [0.15, 0.2) is 11.5 Å². The molecular formula is C19H23NO4. The minimum Gasteiger partial charge on any atom is -0.483 e. The van der Waals surface area contributed by atoms with E-state index in [1.807, 2.05) is 37.3 Å². The molecule has 1 N–H and O–H groups in total. The van der Waals surface area contributed by atoms with Gasteiger partial charge in [-0.15, -0.1) is 0 Å². The lowest BCUT2D eigenvalue weighted by Crippen LogP contribution is -2.17. The fourth-order valence-corrected chi connectivity index (χ4v) is 2.36. The average Bonchev–Trinajstić information content (AvgIpc) is 2.61. The van der Waals surface area contributed by atoms with E-state index in [9.17, 15) is 9.59 Å². The maximum absolute atomic E-state index is 12.5. The number of carbonyl (C=O) groups is 1. The third-order valence-corrected chi connectivity index (χ3v) is 3.68. The SMILES string of the molecule is CCc1cc(=O)c(OCc2ccccc2)c(C(=O)CCCOC)[nH]1. The van der Waals surface area contributed by atoms with Gasteiger partial charge in [-0.05, 0) is 18.4 Å². The number of Topliss-reactive ketones (excluding diaryl/α,β-unsaturated/α-hetero) is 1. The Morgan fingerprint density at radius 2 is 1.96 bits per heavy atom. The van der Waals surface area contributed by atoms with Gasteiger partial charge in [0.1, 0.15) is 12.3 Å². The van der Waals surface area contributed by atoms with Crippen LogP contribution in [0.25, 0.3) is 0 Å². The molecular weight excluding hydrogens is 306 g/mol. The topological polar surface area (TPSA) is 68.4 Å². The highest BCUT2D eigenvalue weighted by molar-refractivity contribution is 5.96. The number of aromatic amines is 1. The average molecular weight is 329 g/mol. The molecule has 2 aromatic rings. The number of pyridine rings is 1. The Morgan fingerprint density at radius 1 is 1.21 bits per heavy atom. The molecule has 5 nitrogen and oxygen atoms in total. The Hall–Kier alpha value is -2.40. The number of rotatable bonds is 9. The number of H-pyrrole nitrogens is 1. The fraction of sp³-hybridized carbons (Fsp3) is 0.368. The molecule has 1 aromatic heterocycles. The van der Waals surface area contributed by atoms with Crippen molar-refractivity contribution in [2.45, 2.75) is 32.8 Å². The van der Waals surface area contributed by atoms with Crippen molar-refractivity contribution >= 4 is 5.78 Å². The fourth-order valence-electron chi connectivity index (χ4n) is 2.36. The standard InChI is InChI=1S/C19H23NO4/c1-3-15-12-17(22)19(24-13-14-8-5-4-6-9-14)18(20-15)16(21)10-7-11-23-2/h4-6,8-9,12H,3,7,10-11,13H2,1-2H3,(H,20,22). The van der Waals surface area contributed by atoms with Crippen molar-refractivity contribution in [2.24, 2.45) is 0 Å². The van der Waals surface area contributed by atoms with Gasteiger partial charge >= 0.3 is 0 Å². The van der Waals surface area contributed by atoms with E-state index in [0.717, 1.165) is 11.3 Å². The van der Waals surface area contributed by atoms with Crippen LogP contribution in [0.4, 0.5) is 0 Å². The van der Waals surface area contributed by atoms with Gasteiger partial charge in [0, 0.05) is 31.9 Å². The molecule has 1 aromatic carbocycles. The monoisotopic (exact) mass is 329 g/mol. The summed E-state index contributed by atoms with van der Waals surface area (Å²) in [5.41, 5.74) is 1.65. The zero-order chi connectivity index (χ0) is 17.4. The van der Waals surface area contributed by atoms with Crippen molar-refractivity contribution in [3.05, 3.63) is 63.6 Å². The molecule has 1 heterocycles. The number of nitrogens with one attached hydrogen (secondary N) is 1. The van der Waals surface area contributed by atoms with E-state index in [0.29, 0.717) is 25.9 Å². The van der Waals surface area contributed by atoms with E-state index in [1.54, 1.807) is 7.11 Å². The van der Waals surface area contributed by atoms with Crippen molar-refractivity contribution in [3.63, 3.8) is 0 Å². The summed E-state index contributed by atoms with van der Waals surface area (Å²) in [6.45, 7) is 2.67. The number of hydrogen-bond acceptors (Lipinski definition) is 4. The Morgan fingerprint density at radius 3 is 2.62 bits per heavy atom. The highest BCUT2D eigenvalue weighted by atomic mass is 16.5. The lowest BCUT2D eigenvalue weighted by atomic mass is 10.1. The van der Waals surface area contributed by atoms with Gasteiger partial charge in [-0.2, -0.15) is 0 Å². The minimum absolute atomic E-state index is 0.0958. The molecule has 0 fully saturated rings. The second-order valence-electron chi connectivity index (χ2n) is 5.51. The Balaban J connectivity index is 2.24. The molecule has 0 aliphatic rings.